The minimum atomic E-state index is -0.108. The van der Waals surface area contributed by atoms with E-state index in [1.165, 1.54) is 11.1 Å². The number of hydrogen-bond acceptors (Lipinski definition) is 2. The summed E-state index contributed by atoms with van der Waals surface area (Å²) in [6.07, 6.45) is 0.841. The number of anilines is 1. The normalized spacial score (nSPS) is 10.6. The molecule has 3 aromatic rings. The maximum atomic E-state index is 12.2. The van der Waals surface area contributed by atoms with Crippen molar-refractivity contribution in [3.05, 3.63) is 87.8 Å². The molecule has 0 saturated heterocycles. The number of rotatable bonds is 3. The molecule has 0 aliphatic heterocycles. The monoisotopic (exact) mass is 290 g/mol. The lowest BCUT2D eigenvalue weighted by Gasteiger charge is -2.07. The molecule has 0 radical (unpaired) electrons. The van der Waals surface area contributed by atoms with Crippen molar-refractivity contribution in [1.29, 1.82) is 0 Å². The number of nitrogens with one attached hydrogen (secondary N) is 1. The molecule has 0 saturated carbocycles. The van der Waals surface area contributed by atoms with Crippen LogP contribution >= 0.6 is 0 Å². The van der Waals surface area contributed by atoms with Crippen LogP contribution < -0.4 is 11.3 Å². The zero-order valence-corrected chi connectivity index (χ0v) is 12.5. The number of aromatic amines is 1. The van der Waals surface area contributed by atoms with Gasteiger partial charge in [0.25, 0.3) is 5.56 Å². The first-order valence-corrected chi connectivity index (χ1v) is 7.26. The molecule has 3 rings (SSSR count). The SMILES string of the molecule is Cc1[nH]c(=O)c(-c2cccc(Cc3ccccc3)c2)cc1N. The molecule has 110 valence electrons. The number of aryl methyl sites for hydroxylation is 1. The molecule has 3 N–H and O–H groups in total. The van der Waals surface area contributed by atoms with E-state index in [0.29, 0.717) is 16.9 Å². The van der Waals surface area contributed by atoms with Crippen molar-refractivity contribution in [2.75, 3.05) is 5.73 Å². The van der Waals surface area contributed by atoms with E-state index in [1.807, 2.05) is 36.4 Å². The van der Waals surface area contributed by atoms with E-state index in [9.17, 15) is 4.79 Å². The first-order chi connectivity index (χ1) is 10.6. The fourth-order valence-electron chi connectivity index (χ4n) is 2.53. The zero-order valence-electron chi connectivity index (χ0n) is 12.5. The summed E-state index contributed by atoms with van der Waals surface area (Å²) >= 11 is 0. The van der Waals surface area contributed by atoms with Crippen molar-refractivity contribution < 1.29 is 0 Å². The number of aromatic nitrogens is 1. The van der Waals surface area contributed by atoms with Crippen LogP contribution in [0.1, 0.15) is 16.8 Å². The molecule has 0 amide bonds. The lowest BCUT2D eigenvalue weighted by atomic mass is 9.99. The minimum Gasteiger partial charge on any atom is -0.397 e. The van der Waals surface area contributed by atoms with Crippen molar-refractivity contribution >= 4 is 5.69 Å². The van der Waals surface area contributed by atoms with E-state index < -0.39 is 0 Å². The number of nitrogen functional groups attached to an aromatic ring is 1. The van der Waals surface area contributed by atoms with Gasteiger partial charge < -0.3 is 10.7 Å². The predicted molar refractivity (Wildman–Crippen MR) is 90.9 cm³/mol. The van der Waals surface area contributed by atoms with Crippen molar-refractivity contribution in [3.8, 4) is 11.1 Å². The third-order valence-electron chi connectivity index (χ3n) is 3.77. The fourth-order valence-corrected chi connectivity index (χ4v) is 2.53. The quantitative estimate of drug-likeness (QED) is 0.775. The number of benzene rings is 2. The van der Waals surface area contributed by atoms with Gasteiger partial charge in [-0.3, -0.25) is 4.79 Å². The lowest BCUT2D eigenvalue weighted by Crippen LogP contribution is -2.12. The summed E-state index contributed by atoms with van der Waals surface area (Å²) in [5.74, 6) is 0. The van der Waals surface area contributed by atoms with Gasteiger partial charge in [0.1, 0.15) is 0 Å². The molecule has 0 aliphatic rings. The highest BCUT2D eigenvalue weighted by Gasteiger charge is 2.07. The second kappa shape index (κ2) is 5.90. The summed E-state index contributed by atoms with van der Waals surface area (Å²) in [5, 5.41) is 0. The van der Waals surface area contributed by atoms with Crippen LogP contribution in [-0.4, -0.2) is 4.98 Å². The fraction of sp³-hybridized carbons (Fsp3) is 0.105. The first kappa shape index (κ1) is 14.1. The van der Waals surface area contributed by atoms with Crippen LogP contribution in [0, 0.1) is 6.92 Å². The summed E-state index contributed by atoms with van der Waals surface area (Å²) in [5.41, 5.74) is 11.0. The Morgan fingerprint density at radius 1 is 0.955 bits per heavy atom. The van der Waals surface area contributed by atoms with Crippen molar-refractivity contribution in [2.45, 2.75) is 13.3 Å². The molecule has 0 bridgehead atoms. The van der Waals surface area contributed by atoms with Crippen molar-refractivity contribution in [1.82, 2.24) is 4.98 Å². The summed E-state index contributed by atoms with van der Waals surface area (Å²) in [6, 6.07) is 20.1. The molecular weight excluding hydrogens is 272 g/mol. The van der Waals surface area contributed by atoms with E-state index in [-0.39, 0.29) is 5.56 Å². The van der Waals surface area contributed by atoms with E-state index in [0.717, 1.165) is 12.0 Å². The van der Waals surface area contributed by atoms with E-state index in [4.69, 9.17) is 5.73 Å². The third-order valence-corrected chi connectivity index (χ3v) is 3.77. The average Bonchev–Trinajstić information content (AvgIpc) is 2.52. The molecule has 1 aromatic heterocycles. The summed E-state index contributed by atoms with van der Waals surface area (Å²) in [6.45, 7) is 1.80. The lowest BCUT2D eigenvalue weighted by molar-refractivity contribution is 1.15. The molecule has 0 aliphatic carbocycles. The number of hydrogen-bond donors (Lipinski definition) is 2. The Labute approximate surface area is 129 Å². The van der Waals surface area contributed by atoms with Gasteiger partial charge in [0.05, 0.1) is 5.69 Å². The van der Waals surface area contributed by atoms with E-state index in [1.54, 1.807) is 13.0 Å². The van der Waals surface area contributed by atoms with Crippen LogP contribution in [0.2, 0.25) is 0 Å². The van der Waals surface area contributed by atoms with Gasteiger partial charge in [0.15, 0.2) is 0 Å². The standard InChI is InChI=1S/C19H18N2O/c1-13-18(20)12-17(19(22)21-13)16-9-5-8-15(11-16)10-14-6-3-2-4-7-14/h2-9,11-12H,10,20H2,1H3,(H,21,22). The highest BCUT2D eigenvalue weighted by Crippen LogP contribution is 2.21. The highest BCUT2D eigenvalue weighted by atomic mass is 16.1. The van der Waals surface area contributed by atoms with Crippen LogP contribution in [0.25, 0.3) is 11.1 Å². The van der Waals surface area contributed by atoms with Crippen molar-refractivity contribution in [3.63, 3.8) is 0 Å². The average molecular weight is 290 g/mol. The van der Waals surface area contributed by atoms with Crippen LogP contribution in [0.5, 0.6) is 0 Å². The Morgan fingerprint density at radius 2 is 1.68 bits per heavy atom. The number of nitrogens with two attached hydrogens (primary N) is 1. The highest BCUT2D eigenvalue weighted by molar-refractivity contribution is 5.67. The van der Waals surface area contributed by atoms with E-state index >= 15 is 0 Å². The molecule has 0 fully saturated rings. The Hall–Kier alpha value is -2.81. The van der Waals surface area contributed by atoms with Gasteiger partial charge in [-0.2, -0.15) is 0 Å². The Balaban J connectivity index is 1.98. The molecule has 22 heavy (non-hydrogen) atoms. The Kier molecular flexibility index (Phi) is 3.79. The predicted octanol–water partition coefficient (Wildman–Crippen LogP) is 3.52. The van der Waals surface area contributed by atoms with Gasteiger partial charge in [-0.05, 0) is 36.1 Å². The summed E-state index contributed by atoms with van der Waals surface area (Å²) in [7, 11) is 0. The molecule has 0 unspecified atom stereocenters. The van der Waals surface area contributed by atoms with Gasteiger partial charge in [0.2, 0.25) is 0 Å². The topological polar surface area (TPSA) is 58.9 Å². The van der Waals surface area contributed by atoms with Gasteiger partial charge in [-0.15, -0.1) is 0 Å². The molecule has 3 nitrogen and oxygen atoms in total. The Bertz CT molecular complexity index is 851. The largest absolute Gasteiger partial charge is 0.397 e. The van der Waals surface area contributed by atoms with Gasteiger partial charge in [-0.1, -0.05) is 54.6 Å². The molecule has 1 heterocycles. The zero-order chi connectivity index (χ0) is 15.5. The van der Waals surface area contributed by atoms with E-state index in [2.05, 4.69) is 23.2 Å². The van der Waals surface area contributed by atoms with Gasteiger partial charge in [-0.25, -0.2) is 0 Å². The van der Waals surface area contributed by atoms with Gasteiger partial charge >= 0.3 is 0 Å². The third kappa shape index (κ3) is 2.93. The molecule has 0 spiro atoms. The molecule has 0 atom stereocenters. The minimum absolute atomic E-state index is 0.108. The van der Waals surface area contributed by atoms with Crippen LogP contribution in [0.3, 0.4) is 0 Å². The maximum Gasteiger partial charge on any atom is 0.256 e. The van der Waals surface area contributed by atoms with Crippen LogP contribution in [0.15, 0.2) is 65.5 Å². The maximum absolute atomic E-state index is 12.2. The van der Waals surface area contributed by atoms with Crippen LogP contribution in [0.4, 0.5) is 5.69 Å². The summed E-state index contributed by atoms with van der Waals surface area (Å²) in [4.78, 5) is 14.9. The molecule has 2 aromatic carbocycles. The smallest absolute Gasteiger partial charge is 0.256 e. The second-order valence-electron chi connectivity index (χ2n) is 5.46. The summed E-state index contributed by atoms with van der Waals surface area (Å²) < 4.78 is 0. The number of pyridine rings is 1. The number of H-pyrrole nitrogens is 1. The van der Waals surface area contributed by atoms with Gasteiger partial charge in [0, 0.05) is 11.3 Å². The molecular formula is C19H18N2O. The Morgan fingerprint density at radius 3 is 2.45 bits per heavy atom. The second-order valence-corrected chi connectivity index (χ2v) is 5.46. The van der Waals surface area contributed by atoms with Crippen LogP contribution in [-0.2, 0) is 6.42 Å². The first-order valence-electron chi connectivity index (χ1n) is 7.26. The van der Waals surface area contributed by atoms with Crippen molar-refractivity contribution in [2.24, 2.45) is 0 Å². The molecule has 3 heteroatoms.